The van der Waals surface area contributed by atoms with E-state index in [4.69, 9.17) is 34.8 Å². The average Bonchev–Trinajstić information content (AvgIpc) is 2.77. The lowest BCUT2D eigenvalue weighted by molar-refractivity contribution is -0.140. The van der Waals surface area contributed by atoms with Gasteiger partial charge in [0.1, 0.15) is 11.7 Å². The number of allylic oxidation sites excluding steroid dienone is 1. The second-order valence-electron chi connectivity index (χ2n) is 7.51. The number of halogens is 13. The highest BCUT2D eigenvalue weighted by Gasteiger charge is 2.41. The van der Waals surface area contributed by atoms with Crippen LogP contribution in [0.1, 0.15) is 33.0 Å². The summed E-state index contributed by atoms with van der Waals surface area (Å²) in [5, 5.41) is 1.01. The lowest BCUT2D eigenvalue weighted by atomic mass is 9.95. The van der Waals surface area contributed by atoms with Crippen molar-refractivity contribution in [3.8, 4) is 0 Å². The first-order valence-corrected chi connectivity index (χ1v) is 12.3. The van der Waals surface area contributed by atoms with Crippen molar-refractivity contribution >= 4 is 58.3 Å². The lowest BCUT2D eigenvalue weighted by Gasteiger charge is -2.19. The third-order valence-corrected chi connectivity index (χ3v) is 6.90. The second-order valence-corrected chi connectivity index (χ2v) is 9.81. The average molecular weight is 637 g/mol. The molecule has 0 radical (unpaired) electrons. The van der Waals surface area contributed by atoms with Gasteiger partial charge >= 0.3 is 18.5 Å². The van der Waals surface area contributed by atoms with Crippen LogP contribution in [0.15, 0.2) is 36.4 Å². The standard InChI is InChI=1S/C22H14Cl3F10NOS/c23-15-6-11(7-16(24)18(15)25)13(21(30,31)32)8-17(26)10-1-2-12(14(5-10)22(33,34)35)19(37)36-3-4-38-9-20(27,28)29/h1-2,5-8,13H,3-4,9H2,(H,36,37). The first kappa shape index (κ1) is 32.4. The zero-order chi connectivity index (χ0) is 29.1. The molecule has 1 atom stereocenters. The molecule has 0 fully saturated rings. The molecular weight excluding hydrogens is 623 g/mol. The molecule has 1 unspecified atom stereocenters. The molecule has 1 N–H and O–H groups in total. The number of carbonyl (C=O) groups is 1. The van der Waals surface area contributed by atoms with E-state index in [0.29, 0.717) is 23.9 Å². The highest BCUT2D eigenvalue weighted by molar-refractivity contribution is 7.99. The Morgan fingerprint density at radius 1 is 0.947 bits per heavy atom. The van der Waals surface area contributed by atoms with Gasteiger partial charge in [-0.25, -0.2) is 4.39 Å². The number of hydrogen-bond acceptors (Lipinski definition) is 2. The van der Waals surface area contributed by atoms with E-state index < -0.39 is 70.7 Å². The fraction of sp³-hybridized carbons (Fsp3) is 0.318. The van der Waals surface area contributed by atoms with Crippen molar-refractivity contribution in [3.63, 3.8) is 0 Å². The number of benzene rings is 2. The third-order valence-electron chi connectivity index (χ3n) is 4.67. The van der Waals surface area contributed by atoms with Gasteiger partial charge in [0, 0.05) is 17.9 Å². The Labute approximate surface area is 228 Å². The van der Waals surface area contributed by atoms with E-state index in [-0.39, 0.29) is 33.0 Å². The van der Waals surface area contributed by atoms with Gasteiger partial charge in [0.15, 0.2) is 0 Å². The number of hydrogen-bond donors (Lipinski definition) is 1. The molecule has 2 aromatic rings. The van der Waals surface area contributed by atoms with Crippen LogP contribution >= 0.6 is 46.6 Å². The fourth-order valence-corrected chi connectivity index (χ4v) is 4.26. The Hall–Kier alpha value is -1.83. The van der Waals surface area contributed by atoms with Crippen molar-refractivity contribution in [2.24, 2.45) is 0 Å². The number of amides is 1. The summed E-state index contributed by atoms with van der Waals surface area (Å²) in [5.74, 6) is -7.19. The molecule has 38 heavy (non-hydrogen) atoms. The van der Waals surface area contributed by atoms with Gasteiger partial charge in [0.05, 0.1) is 31.9 Å². The summed E-state index contributed by atoms with van der Waals surface area (Å²) in [6.07, 6.45) is -14.8. The minimum atomic E-state index is -5.23. The highest BCUT2D eigenvalue weighted by atomic mass is 35.5. The van der Waals surface area contributed by atoms with E-state index in [1.165, 1.54) is 0 Å². The summed E-state index contributed by atoms with van der Waals surface area (Å²) in [4.78, 5) is 12.2. The summed E-state index contributed by atoms with van der Waals surface area (Å²) < 4.78 is 133. The third kappa shape index (κ3) is 9.13. The molecule has 0 saturated heterocycles. The Balaban J connectivity index is 2.38. The molecule has 0 aliphatic rings. The summed E-state index contributed by atoms with van der Waals surface area (Å²) in [6, 6.07) is 2.90. The predicted molar refractivity (Wildman–Crippen MR) is 127 cm³/mol. The summed E-state index contributed by atoms with van der Waals surface area (Å²) in [7, 11) is 0. The number of alkyl halides is 9. The predicted octanol–water partition coefficient (Wildman–Crippen LogP) is 9.35. The maximum absolute atomic E-state index is 14.9. The van der Waals surface area contributed by atoms with Crippen molar-refractivity contribution in [1.29, 1.82) is 0 Å². The maximum atomic E-state index is 14.9. The first-order valence-electron chi connectivity index (χ1n) is 10.0. The van der Waals surface area contributed by atoms with E-state index in [1.807, 2.05) is 5.32 Å². The minimum absolute atomic E-state index is 0.0169. The summed E-state index contributed by atoms with van der Waals surface area (Å²) in [5.41, 5.74) is -4.23. The van der Waals surface area contributed by atoms with Crippen LogP contribution in [0.4, 0.5) is 43.9 Å². The van der Waals surface area contributed by atoms with Gasteiger partial charge in [-0.1, -0.05) is 40.9 Å². The minimum Gasteiger partial charge on any atom is -0.351 e. The monoisotopic (exact) mass is 635 g/mol. The summed E-state index contributed by atoms with van der Waals surface area (Å²) in [6.45, 7) is -0.410. The zero-order valence-corrected chi connectivity index (χ0v) is 21.5. The van der Waals surface area contributed by atoms with E-state index in [9.17, 15) is 48.7 Å². The van der Waals surface area contributed by atoms with Crippen LogP contribution in [0.25, 0.3) is 5.83 Å². The molecule has 210 valence electrons. The number of rotatable bonds is 8. The fourth-order valence-electron chi connectivity index (χ4n) is 3.02. The summed E-state index contributed by atoms with van der Waals surface area (Å²) >= 11 is 17.6. The molecule has 0 heterocycles. The van der Waals surface area contributed by atoms with Crippen LogP contribution in [0, 0.1) is 0 Å². The van der Waals surface area contributed by atoms with Crippen LogP contribution in [0.5, 0.6) is 0 Å². The molecule has 1 amide bonds. The van der Waals surface area contributed by atoms with E-state index >= 15 is 0 Å². The van der Waals surface area contributed by atoms with Crippen molar-refractivity contribution < 1.29 is 48.7 Å². The highest BCUT2D eigenvalue weighted by Crippen LogP contribution is 2.42. The topological polar surface area (TPSA) is 29.1 Å². The van der Waals surface area contributed by atoms with Crippen molar-refractivity contribution in [3.05, 3.63) is 73.7 Å². The number of carbonyl (C=O) groups excluding carboxylic acids is 1. The van der Waals surface area contributed by atoms with Gasteiger partial charge in [-0.05, 0) is 35.9 Å². The van der Waals surface area contributed by atoms with Gasteiger partial charge in [-0.2, -0.15) is 51.3 Å². The van der Waals surface area contributed by atoms with Gasteiger partial charge in [-0.3, -0.25) is 4.79 Å². The molecule has 0 aliphatic heterocycles. The molecule has 0 aliphatic carbocycles. The Morgan fingerprint density at radius 3 is 2.03 bits per heavy atom. The van der Waals surface area contributed by atoms with Crippen LogP contribution in [-0.4, -0.2) is 36.3 Å². The second kappa shape index (κ2) is 12.6. The van der Waals surface area contributed by atoms with Gasteiger partial charge in [0.2, 0.25) is 0 Å². The SMILES string of the molecule is O=C(NCCSCC(F)(F)F)c1ccc(C(F)=CC(c2cc(Cl)c(Cl)c(Cl)c2)C(F)(F)F)cc1C(F)(F)F. The van der Waals surface area contributed by atoms with Crippen LogP contribution < -0.4 is 5.32 Å². The molecule has 2 rings (SSSR count). The Kier molecular flexibility index (Phi) is 10.7. The molecule has 0 aromatic heterocycles. The molecular formula is C22H14Cl3F10NOS. The Bertz CT molecular complexity index is 1170. The Morgan fingerprint density at radius 2 is 1.53 bits per heavy atom. The molecule has 2 nitrogen and oxygen atoms in total. The van der Waals surface area contributed by atoms with E-state index in [0.717, 1.165) is 12.1 Å². The smallest absolute Gasteiger partial charge is 0.351 e. The largest absolute Gasteiger partial charge is 0.417 e. The lowest BCUT2D eigenvalue weighted by Crippen LogP contribution is -2.28. The molecule has 0 spiro atoms. The van der Waals surface area contributed by atoms with Crippen LogP contribution in [0.2, 0.25) is 15.1 Å². The van der Waals surface area contributed by atoms with Crippen LogP contribution in [-0.2, 0) is 6.18 Å². The molecule has 0 bridgehead atoms. The van der Waals surface area contributed by atoms with Crippen molar-refractivity contribution in [2.45, 2.75) is 24.4 Å². The zero-order valence-electron chi connectivity index (χ0n) is 18.4. The molecule has 16 heteroatoms. The quantitative estimate of drug-likeness (QED) is 0.178. The molecule has 0 saturated carbocycles. The van der Waals surface area contributed by atoms with Crippen molar-refractivity contribution in [1.82, 2.24) is 5.32 Å². The normalized spacial score (nSPS) is 14.0. The van der Waals surface area contributed by atoms with Gasteiger partial charge in [-0.15, -0.1) is 0 Å². The molecule has 2 aromatic carbocycles. The van der Waals surface area contributed by atoms with Gasteiger partial charge < -0.3 is 5.32 Å². The maximum Gasteiger partial charge on any atom is 0.417 e. The van der Waals surface area contributed by atoms with Crippen LogP contribution in [0.3, 0.4) is 0 Å². The van der Waals surface area contributed by atoms with E-state index in [2.05, 4.69) is 0 Å². The number of nitrogens with one attached hydrogen (secondary N) is 1. The number of thioether (sulfide) groups is 1. The van der Waals surface area contributed by atoms with Gasteiger partial charge in [0.25, 0.3) is 5.91 Å². The van der Waals surface area contributed by atoms with E-state index in [1.54, 1.807) is 0 Å². The first-order chi connectivity index (χ1) is 17.3. The van der Waals surface area contributed by atoms with Crippen molar-refractivity contribution in [2.75, 3.05) is 18.1 Å².